The van der Waals surface area contributed by atoms with E-state index >= 15 is 0 Å². The summed E-state index contributed by atoms with van der Waals surface area (Å²) in [6.45, 7) is 13.5. The van der Waals surface area contributed by atoms with Crippen molar-refractivity contribution in [3.8, 4) is 0 Å². The van der Waals surface area contributed by atoms with Crippen molar-refractivity contribution in [1.82, 2.24) is 5.32 Å². The lowest BCUT2D eigenvalue weighted by atomic mass is 9.76. The Hall–Kier alpha value is -0.760. The van der Waals surface area contributed by atoms with E-state index in [9.17, 15) is 5.11 Å². The Bertz CT molecular complexity index is 437. The molecule has 0 aromatic heterocycles. The number of aliphatic hydroxyl groups is 1. The van der Waals surface area contributed by atoms with Crippen LogP contribution in [-0.2, 0) is 0 Å². The second-order valence-corrected chi connectivity index (χ2v) is 7.60. The third-order valence-corrected chi connectivity index (χ3v) is 6.32. The summed E-state index contributed by atoms with van der Waals surface area (Å²) in [6.07, 6.45) is 7.72. The summed E-state index contributed by atoms with van der Waals surface area (Å²) in [5.74, 6) is 2.93. The third-order valence-electron chi connectivity index (χ3n) is 6.32. The molecule has 7 unspecified atom stereocenters. The van der Waals surface area contributed by atoms with E-state index in [0.29, 0.717) is 35.6 Å². The van der Waals surface area contributed by atoms with E-state index in [0.717, 1.165) is 12.8 Å². The van der Waals surface area contributed by atoms with Crippen molar-refractivity contribution in [3.63, 3.8) is 0 Å². The van der Waals surface area contributed by atoms with Gasteiger partial charge in [-0.1, -0.05) is 51.3 Å². The molecule has 2 rings (SSSR count). The zero-order chi connectivity index (χ0) is 16.4. The molecule has 1 aliphatic carbocycles. The zero-order valence-corrected chi connectivity index (χ0v) is 15.3. The van der Waals surface area contributed by atoms with E-state index in [2.05, 4.69) is 52.2 Å². The van der Waals surface area contributed by atoms with Crippen LogP contribution in [0.5, 0.6) is 0 Å². The predicted molar refractivity (Wildman–Crippen MR) is 94.4 cm³/mol. The lowest BCUT2D eigenvalue weighted by molar-refractivity contribution is 0.0886. The molecule has 0 amide bonds. The minimum atomic E-state index is -0.206. The van der Waals surface area contributed by atoms with E-state index in [4.69, 9.17) is 0 Å². The summed E-state index contributed by atoms with van der Waals surface area (Å²) < 4.78 is 0. The first-order valence-corrected chi connectivity index (χ1v) is 9.24. The van der Waals surface area contributed by atoms with Crippen molar-refractivity contribution in [2.24, 2.45) is 29.6 Å². The van der Waals surface area contributed by atoms with Crippen molar-refractivity contribution < 1.29 is 5.11 Å². The number of hydrogen-bond acceptors (Lipinski definition) is 2. The first kappa shape index (κ1) is 17.6. The Morgan fingerprint density at radius 2 is 1.86 bits per heavy atom. The van der Waals surface area contributed by atoms with E-state index in [1.54, 1.807) is 11.1 Å². The topological polar surface area (TPSA) is 32.3 Å². The van der Waals surface area contributed by atoms with Gasteiger partial charge in [0.25, 0.3) is 0 Å². The largest absolute Gasteiger partial charge is 0.393 e. The normalized spacial score (nSPS) is 35.0. The first-order valence-electron chi connectivity index (χ1n) is 9.24. The monoisotopic (exact) mass is 305 g/mol. The summed E-state index contributed by atoms with van der Waals surface area (Å²) in [5.41, 5.74) is 3.37. The molecule has 0 aromatic rings. The fourth-order valence-corrected chi connectivity index (χ4v) is 5.16. The van der Waals surface area contributed by atoms with Gasteiger partial charge in [0.1, 0.15) is 0 Å². The molecule has 2 nitrogen and oxygen atoms in total. The number of nitrogens with one attached hydrogen (secondary N) is 1. The SMILES string of the molecule is CCC1=C(CC(C)C(CC)C(C)O)C2C(C)NC=CC2C1C. The maximum absolute atomic E-state index is 10.1. The number of allylic oxidation sites excluding steroid dienone is 2. The van der Waals surface area contributed by atoms with Crippen LogP contribution >= 0.6 is 0 Å². The summed E-state index contributed by atoms with van der Waals surface area (Å²) in [7, 11) is 0. The Morgan fingerprint density at radius 1 is 1.18 bits per heavy atom. The van der Waals surface area contributed by atoms with Crippen molar-refractivity contribution in [2.75, 3.05) is 0 Å². The Labute approximate surface area is 137 Å². The molecule has 0 fully saturated rings. The van der Waals surface area contributed by atoms with E-state index < -0.39 is 0 Å². The maximum atomic E-state index is 10.1. The quantitative estimate of drug-likeness (QED) is 0.707. The minimum absolute atomic E-state index is 0.206. The van der Waals surface area contributed by atoms with Gasteiger partial charge in [0.05, 0.1) is 6.10 Å². The summed E-state index contributed by atoms with van der Waals surface area (Å²) in [4.78, 5) is 0. The highest BCUT2D eigenvalue weighted by Crippen LogP contribution is 2.49. The van der Waals surface area contributed by atoms with Gasteiger partial charge in [-0.05, 0) is 56.6 Å². The Morgan fingerprint density at radius 3 is 2.41 bits per heavy atom. The second-order valence-electron chi connectivity index (χ2n) is 7.60. The van der Waals surface area contributed by atoms with Gasteiger partial charge in [-0.25, -0.2) is 0 Å². The molecule has 0 saturated heterocycles. The molecule has 2 N–H and O–H groups in total. The minimum Gasteiger partial charge on any atom is -0.393 e. The van der Waals surface area contributed by atoms with E-state index in [-0.39, 0.29) is 6.10 Å². The van der Waals surface area contributed by atoms with Crippen molar-refractivity contribution in [2.45, 2.75) is 73.0 Å². The van der Waals surface area contributed by atoms with Gasteiger partial charge in [0.15, 0.2) is 0 Å². The second kappa shape index (κ2) is 7.21. The van der Waals surface area contributed by atoms with Crippen LogP contribution in [0.25, 0.3) is 0 Å². The van der Waals surface area contributed by atoms with Crippen LogP contribution in [0, 0.1) is 29.6 Å². The molecule has 22 heavy (non-hydrogen) atoms. The number of fused-ring (bicyclic) bond motifs is 1. The molecule has 2 heteroatoms. The highest BCUT2D eigenvalue weighted by molar-refractivity contribution is 5.33. The van der Waals surface area contributed by atoms with Gasteiger partial charge in [-0.3, -0.25) is 0 Å². The molecule has 126 valence electrons. The lowest BCUT2D eigenvalue weighted by Crippen LogP contribution is -2.38. The van der Waals surface area contributed by atoms with Crippen LogP contribution in [0.2, 0.25) is 0 Å². The molecule has 1 aliphatic heterocycles. The lowest BCUT2D eigenvalue weighted by Gasteiger charge is -2.34. The number of rotatable bonds is 6. The zero-order valence-electron chi connectivity index (χ0n) is 15.3. The molecule has 0 aromatic carbocycles. The molecule has 0 saturated carbocycles. The van der Waals surface area contributed by atoms with Crippen LogP contribution in [-0.4, -0.2) is 17.3 Å². The van der Waals surface area contributed by atoms with Crippen molar-refractivity contribution in [3.05, 3.63) is 23.4 Å². The Kier molecular flexibility index (Phi) is 5.76. The van der Waals surface area contributed by atoms with Gasteiger partial charge < -0.3 is 10.4 Å². The highest BCUT2D eigenvalue weighted by Gasteiger charge is 2.42. The average Bonchev–Trinajstić information content (AvgIpc) is 2.73. The van der Waals surface area contributed by atoms with Gasteiger partial charge in [0, 0.05) is 12.0 Å². The van der Waals surface area contributed by atoms with Gasteiger partial charge in [0.2, 0.25) is 0 Å². The maximum Gasteiger partial charge on any atom is 0.0542 e. The summed E-state index contributed by atoms with van der Waals surface area (Å²) >= 11 is 0. The smallest absolute Gasteiger partial charge is 0.0542 e. The highest BCUT2D eigenvalue weighted by atomic mass is 16.3. The molecule has 0 radical (unpaired) electrons. The van der Waals surface area contributed by atoms with Crippen LogP contribution in [0.15, 0.2) is 23.4 Å². The van der Waals surface area contributed by atoms with Crippen LogP contribution in [0.3, 0.4) is 0 Å². The average molecular weight is 306 g/mol. The molecule has 2 aliphatic rings. The van der Waals surface area contributed by atoms with Crippen LogP contribution < -0.4 is 5.32 Å². The summed E-state index contributed by atoms with van der Waals surface area (Å²) in [6, 6.07) is 0.523. The van der Waals surface area contributed by atoms with Gasteiger partial charge in [-0.2, -0.15) is 0 Å². The first-order chi connectivity index (χ1) is 10.4. The standard InChI is InChI=1S/C20H35NO/c1-7-16(15(6)22)12(3)11-19-17(8-2)13(4)18-9-10-21-14(5)20(18)19/h9-10,12-16,18,20-22H,7-8,11H2,1-6H3. The third kappa shape index (κ3) is 3.13. The van der Waals surface area contributed by atoms with E-state index in [1.807, 2.05) is 6.92 Å². The van der Waals surface area contributed by atoms with Crippen LogP contribution in [0.4, 0.5) is 0 Å². The molecule has 0 spiro atoms. The summed E-state index contributed by atoms with van der Waals surface area (Å²) in [5, 5.41) is 13.6. The fraction of sp³-hybridized carbons (Fsp3) is 0.800. The number of aliphatic hydroxyl groups excluding tert-OH is 1. The Balaban J connectivity index is 2.26. The van der Waals surface area contributed by atoms with Crippen LogP contribution in [0.1, 0.15) is 60.8 Å². The fourth-order valence-electron chi connectivity index (χ4n) is 5.16. The molecule has 7 atom stereocenters. The molecule has 0 bridgehead atoms. The molecular formula is C20H35NO. The van der Waals surface area contributed by atoms with Crippen molar-refractivity contribution in [1.29, 1.82) is 0 Å². The molecular weight excluding hydrogens is 270 g/mol. The van der Waals surface area contributed by atoms with E-state index in [1.165, 1.54) is 6.42 Å². The predicted octanol–water partition coefficient (Wildman–Crippen LogP) is 4.51. The molecule has 1 heterocycles. The van der Waals surface area contributed by atoms with Gasteiger partial charge >= 0.3 is 0 Å². The van der Waals surface area contributed by atoms with Gasteiger partial charge in [-0.15, -0.1) is 0 Å². The number of hydrogen-bond donors (Lipinski definition) is 2. The van der Waals surface area contributed by atoms with Crippen molar-refractivity contribution >= 4 is 0 Å².